The summed E-state index contributed by atoms with van der Waals surface area (Å²) in [5.41, 5.74) is 4.60. The van der Waals surface area contributed by atoms with Crippen molar-refractivity contribution in [2.24, 2.45) is 5.92 Å². The number of amides is 2. The highest BCUT2D eigenvalue weighted by molar-refractivity contribution is 5.80. The van der Waals surface area contributed by atoms with E-state index in [2.05, 4.69) is 34.9 Å². The van der Waals surface area contributed by atoms with Gasteiger partial charge in [0.15, 0.2) is 6.10 Å². The highest BCUT2D eigenvalue weighted by Gasteiger charge is 2.32. The van der Waals surface area contributed by atoms with Crippen molar-refractivity contribution in [3.8, 4) is 11.1 Å². The summed E-state index contributed by atoms with van der Waals surface area (Å²) in [5, 5.41) is 23.2. The van der Waals surface area contributed by atoms with E-state index < -0.39 is 24.1 Å². The van der Waals surface area contributed by atoms with Gasteiger partial charge in [-0.3, -0.25) is 4.79 Å². The number of hydrogen-bond acceptors (Lipinski definition) is 6. The maximum Gasteiger partial charge on any atom is 0.407 e. The molecule has 180 valence electrons. The molecule has 1 saturated heterocycles. The van der Waals surface area contributed by atoms with E-state index >= 15 is 0 Å². The molecule has 2 aliphatic rings. The van der Waals surface area contributed by atoms with Crippen LogP contribution in [0.4, 0.5) is 4.79 Å². The molecule has 1 unspecified atom stereocenters. The van der Waals surface area contributed by atoms with Gasteiger partial charge in [-0.1, -0.05) is 48.5 Å². The first-order valence-corrected chi connectivity index (χ1v) is 11.3. The summed E-state index contributed by atoms with van der Waals surface area (Å²) in [5.74, 6) is -2.00. The molecule has 1 aliphatic heterocycles. The van der Waals surface area contributed by atoms with Crippen LogP contribution in [-0.4, -0.2) is 66.7 Å². The van der Waals surface area contributed by atoms with Crippen LogP contribution in [0.5, 0.6) is 0 Å². The molecular weight excluding hydrogens is 440 g/mol. The molecule has 9 nitrogen and oxygen atoms in total. The van der Waals surface area contributed by atoms with Gasteiger partial charge in [0.05, 0.1) is 18.6 Å². The number of nitrogens with one attached hydrogen (secondary N) is 2. The van der Waals surface area contributed by atoms with Crippen molar-refractivity contribution in [2.45, 2.75) is 31.0 Å². The zero-order valence-electron chi connectivity index (χ0n) is 18.6. The number of rotatable bonds is 9. The van der Waals surface area contributed by atoms with Crippen molar-refractivity contribution in [1.82, 2.24) is 10.6 Å². The molecule has 2 aromatic rings. The molecular formula is C25H28N2O7. The van der Waals surface area contributed by atoms with Gasteiger partial charge in [-0.05, 0) is 28.7 Å². The van der Waals surface area contributed by atoms with Crippen molar-refractivity contribution in [2.75, 3.05) is 26.3 Å². The summed E-state index contributed by atoms with van der Waals surface area (Å²) in [6, 6.07) is 16.2. The van der Waals surface area contributed by atoms with Gasteiger partial charge < -0.3 is 30.3 Å². The maximum absolute atomic E-state index is 12.3. The van der Waals surface area contributed by atoms with Crippen molar-refractivity contribution in [3.63, 3.8) is 0 Å². The maximum atomic E-state index is 12.3. The fraction of sp³-hybridized carbons (Fsp3) is 0.400. The first-order chi connectivity index (χ1) is 16.4. The van der Waals surface area contributed by atoms with Crippen LogP contribution in [0.1, 0.15) is 29.9 Å². The number of aliphatic carboxylic acids is 1. The number of fused-ring (bicyclic) bond motifs is 3. The number of alkyl carbamates (subject to hydrolysis) is 1. The van der Waals surface area contributed by atoms with Gasteiger partial charge in [-0.15, -0.1) is 0 Å². The summed E-state index contributed by atoms with van der Waals surface area (Å²) in [4.78, 5) is 35.1. The SMILES string of the molecule is O=C(NC[C@@H]1C[C@H](C(=O)NCCC(O)C(=O)O)CO1)OCC1c2ccccc2-c2ccccc21. The lowest BCUT2D eigenvalue weighted by molar-refractivity contribution is -0.147. The standard InChI is InChI=1S/C25H28N2O7/c28-22(24(30)31)9-10-26-23(29)15-11-16(33-13-15)12-27-25(32)34-14-21-19-7-3-1-5-17(19)18-6-2-4-8-20(18)21/h1-8,15-16,21-22,28H,9-14H2,(H,26,29)(H,27,32)(H,30,31)/t15-,16-,22?/m0/s1. The van der Waals surface area contributed by atoms with Crippen molar-refractivity contribution >= 4 is 18.0 Å². The number of aliphatic hydroxyl groups is 1. The Bertz CT molecular complexity index is 1010. The van der Waals surface area contributed by atoms with Gasteiger partial charge in [0.2, 0.25) is 5.91 Å². The third-order valence-electron chi connectivity index (χ3n) is 6.27. The molecule has 0 radical (unpaired) electrons. The molecule has 4 N–H and O–H groups in total. The van der Waals surface area contributed by atoms with Gasteiger partial charge in [0.1, 0.15) is 6.61 Å². The third-order valence-corrected chi connectivity index (χ3v) is 6.27. The molecule has 34 heavy (non-hydrogen) atoms. The van der Waals surface area contributed by atoms with Gasteiger partial charge in [0, 0.05) is 25.4 Å². The van der Waals surface area contributed by atoms with Crippen molar-refractivity contribution < 1.29 is 34.1 Å². The highest BCUT2D eigenvalue weighted by Crippen LogP contribution is 2.44. The molecule has 2 amide bonds. The molecule has 0 bridgehead atoms. The number of aliphatic hydroxyl groups excluding tert-OH is 1. The second-order valence-electron chi connectivity index (χ2n) is 8.53. The number of ether oxygens (including phenoxy) is 2. The largest absolute Gasteiger partial charge is 0.479 e. The van der Waals surface area contributed by atoms with Gasteiger partial charge >= 0.3 is 12.1 Å². The van der Waals surface area contributed by atoms with E-state index in [0.717, 1.165) is 22.3 Å². The Morgan fingerprint density at radius 1 is 1.03 bits per heavy atom. The summed E-state index contributed by atoms with van der Waals surface area (Å²) in [6.07, 6.45) is -2.01. The van der Waals surface area contributed by atoms with Crippen LogP contribution < -0.4 is 10.6 Å². The average Bonchev–Trinajstić information content (AvgIpc) is 3.44. The second-order valence-corrected chi connectivity index (χ2v) is 8.53. The summed E-state index contributed by atoms with van der Waals surface area (Å²) >= 11 is 0. The van der Waals surface area contributed by atoms with Crippen LogP contribution >= 0.6 is 0 Å². The van der Waals surface area contributed by atoms with E-state index in [1.165, 1.54) is 0 Å². The van der Waals surface area contributed by atoms with E-state index in [9.17, 15) is 19.5 Å². The smallest absolute Gasteiger partial charge is 0.407 e. The number of carbonyl (C=O) groups excluding carboxylic acids is 2. The third kappa shape index (κ3) is 5.37. The first-order valence-electron chi connectivity index (χ1n) is 11.3. The van der Waals surface area contributed by atoms with E-state index in [1.54, 1.807) is 0 Å². The zero-order chi connectivity index (χ0) is 24.1. The molecule has 4 rings (SSSR count). The summed E-state index contributed by atoms with van der Waals surface area (Å²) in [7, 11) is 0. The molecule has 1 aliphatic carbocycles. The molecule has 0 aromatic heterocycles. The van der Waals surface area contributed by atoms with Gasteiger partial charge in [0.25, 0.3) is 0 Å². The number of carboxylic acid groups (broad SMARTS) is 1. The van der Waals surface area contributed by atoms with Gasteiger partial charge in [-0.2, -0.15) is 0 Å². The summed E-state index contributed by atoms with van der Waals surface area (Å²) < 4.78 is 11.1. The predicted molar refractivity (Wildman–Crippen MR) is 122 cm³/mol. The lowest BCUT2D eigenvalue weighted by Gasteiger charge is -2.16. The van der Waals surface area contributed by atoms with Crippen LogP contribution in [0.3, 0.4) is 0 Å². The number of carboxylic acids is 1. The number of hydrogen-bond donors (Lipinski definition) is 4. The van der Waals surface area contributed by atoms with Crippen molar-refractivity contribution in [1.29, 1.82) is 0 Å². The molecule has 1 heterocycles. The van der Waals surface area contributed by atoms with E-state index in [-0.39, 0.29) is 50.7 Å². The first kappa shape index (κ1) is 23.7. The minimum atomic E-state index is -1.51. The zero-order valence-corrected chi connectivity index (χ0v) is 18.6. The lowest BCUT2D eigenvalue weighted by Crippen LogP contribution is -2.35. The Morgan fingerprint density at radius 2 is 1.68 bits per heavy atom. The van der Waals surface area contributed by atoms with Crippen LogP contribution in [0.15, 0.2) is 48.5 Å². The van der Waals surface area contributed by atoms with Crippen LogP contribution in [0.25, 0.3) is 11.1 Å². The fourth-order valence-corrected chi connectivity index (χ4v) is 4.48. The molecule has 1 fully saturated rings. The fourth-order valence-electron chi connectivity index (χ4n) is 4.48. The molecule has 0 spiro atoms. The minimum absolute atomic E-state index is 0.0198. The topological polar surface area (TPSA) is 134 Å². The molecule has 3 atom stereocenters. The predicted octanol–water partition coefficient (Wildman–Crippen LogP) is 1.88. The average molecular weight is 469 g/mol. The van der Waals surface area contributed by atoms with Gasteiger partial charge in [-0.25, -0.2) is 9.59 Å². The molecule has 0 saturated carbocycles. The second kappa shape index (κ2) is 10.7. The Balaban J connectivity index is 1.20. The lowest BCUT2D eigenvalue weighted by atomic mass is 9.98. The Morgan fingerprint density at radius 3 is 2.32 bits per heavy atom. The van der Waals surface area contributed by atoms with E-state index in [0.29, 0.717) is 6.42 Å². The number of carbonyl (C=O) groups is 3. The quantitative estimate of drug-likeness (QED) is 0.441. The minimum Gasteiger partial charge on any atom is -0.479 e. The van der Waals surface area contributed by atoms with Crippen LogP contribution in [0, 0.1) is 5.92 Å². The van der Waals surface area contributed by atoms with Crippen LogP contribution in [0.2, 0.25) is 0 Å². The number of benzene rings is 2. The Hall–Kier alpha value is -3.43. The highest BCUT2D eigenvalue weighted by atomic mass is 16.5. The van der Waals surface area contributed by atoms with E-state index in [4.69, 9.17) is 14.6 Å². The normalized spacial score (nSPS) is 19.7. The van der Waals surface area contributed by atoms with E-state index in [1.807, 2.05) is 24.3 Å². The summed E-state index contributed by atoms with van der Waals surface area (Å²) in [6.45, 7) is 0.715. The molecule has 9 heteroatoms. The monoisotopic (exact) mass is 468 g/mol. The van der Waals surface area contributed by atoms with Crippen LogP contribution in [-0.2, 0) is 19.1 Å². The van der Waals surface area contributed by atoms with Crippen molar-refractivity contribution in [3.05, 3.63) is 59.7 Å². The Kier molecular flexibility index (Phi) is 7.44. The molecule has 2 aromatic carbocycles. The Labute approximate surface area is 197 Å².